The van der Waals surface area contributed by atoms with Gasteiger partial charge in [-0.3, -0.25) is 0 Å². The number of anilines is 1. The van der Waals surface area contributed by atoms with Crippen molar-refractivity contribution < 1.29 is 9.90 Å². The molecule has 21 heavy (non-hydrogen) atoms. The van der Waals surface area contributed by atoms with Gasteiger partial charge in [0.15, 0.2) is 0 Å². The van der Waals surface area contributed by atoms with E-state index in [9.17, 15) is 4.79 Å². The summed E-state index contributed by atoms with van der Waals surface area (Å²) in [5.74, 6) is -0.940. The Kier molecular flexibility index (Phi) is 5.17. The lowest BCUT2D eigenvalue weighted by Crippen LogP contribution is -2.16. The van der Waals surface area contributed by atoms with Gasteiger partial charge in [0.25, 0.3) is 0 Å². The Morgan fingerprint density at radius 1 is 1.19 bits per heavy atom. The minimum absolute atomic E-state index is 0.797. The minimum atomic E-state index is -0.940. The Balaban J connectivity index is 2.08. The van der Waals surface area contributed by atoms with E-state index in [-0.39, 0.29) is 0 Å². The van der Waals surface area contributed by atoms with Gasteiger partial charge in [-0.25, -0.2) is 4.79 Å². The van der Waals surface area contributed by atoms with Gasteiger partial charge in [0.2, 0.25) is 0 Å². The number of aliphatic carboxylic acids is 1. The van der Waals surface area contributed by atoms with E-state index in [2.05, 4.69) is 26.9 Å². The molecule has 0 radical (unpaired) electrons. The molecule has 108 valence electrons. The van der Waals surface area contributed by atoms with Gasteiger partial charge in [-0.2, -0.15) is 0 Å². The average molecular weight is 346 g/mol. The van der Waals surface area contributed by atoms with E-state index in [0.29, 0.717) is 0 Å². The molecule has 4 heteroatoms. The van der Waals surface area contributed by atoms with Crippen LogP contribution in [0.1, 0.15) is 11.1 Å². The number of rotatable bonds is 5. The number of carboxylic acid groups (broad SMARTS) is 1. The highest BCUT2D eigenvalue weighted by Gasteiger charge is 2.04. The second kappa shape index (κ2) is 7.09. The third-order valence-corrected chi connectivity index (χ3v) is 3.89. The second-order valence-corrected chi connectivity index (χ2v) is 5.56. The summed E-state index contributed by atoms with van der Waals surface area (Å²) in [6.07, 6.45) is 2.72. The van der Waals surface area contributed by atoms with E-state index in [1.807, 2.05) is 49.5 Å². The van der Waals surface area contributed by atoms with Gasteiger partial charge >= 0.3 is 5.97 Å². The number of carboxylic acids is 1. The number of hydrogen-bond acceptors (Lipinski definition) is 2. The molecule has 0 aliphatic rings. The van der Waals surface area contributed by atoms with Gasteiger partial charge in [-0.15, -0.1) is 0 Å². The van der Waals surface area contributed by atoms with Crippen molar-refractivity contribution in [3.63, 3.8) is 0 Å². The van der Waals surface area contributed by atoms with Crippen LogP contribution in [0.25, 0.3) is 6.08 Å². The first-order valence-corrected chi connectivity index (χ1v) is 7.31. The van der Waals surface area contributed by atoms with Crippen LogP contribution in [0.3, 0.4) is 0 Å². The Hall–Kier alpha value is -2.07. The van der Waals surface area contributed by atoms with E-state index in [1.165, 1.54) is 5.56 Å². The van der Waals surface area contributed by atoms with Crippen molar-refractivity contribution in [3.05, 3.63) is 70.2 Å². The smallest absolute Gasteiger partial charge is 0.328 e. The van der Waals surface area contributed by atoms with Crippen LogP contribution < -0.4 is 4.90 Å². The number of nitrogens with zero attached hydrogens (tertiary/aromatic N) is 1. The Bertz CT molecular complexity index is 650. The normalized spacial score (nSPS) is 10.8. The van der Waals surface area contributed by atoms with Crippen molar-refractivity contribution in [2.24, 2.45) is 0 Å². The summed E-state index contributed by atoms with van der Waals surface area (Å²) < 4.78 is 1.10. The molecule has 0 amide bonds. The quantitative estimate of drug-likeness (QED) is 0.826. The monoisotopic (exact) mass is 345 g/mol. The summed E-state index contributed by atoms with van der Waals surface area (Å²) >= 11 is 3.55. The van der Waals surface area contributed by atoms with Crippen LogP contribution in [-0.4, -0.2) is 18.1 Å². The summed E-state index contributed by atoms with van der Waals surface area (Å²) in [4.78, 5) is 12.6. The van der Waals surface area contributed by atoms with Gasteiger partial charge in [0.1, 0.15) is 0 Å². The topological polar surface area (TPSA) is 40.5 Å². The van der Waals surface area contributed by atoms with E-state index >= 15 is 0 Å². The maximum absolute atomic E-state index is 10.5. The maximum atomic E-state index is 10.5. The molecule has 0 aliphatic heterocycles. The van der Waals surface area contributed by atoms with Crippen molar-refractivity contribution in [1.29, 1.82) is 0 Å². The molecule has 3 nitrogen and oxygen atoms in total. The summed E-state index contributed by atoms with van der Waals surface area (Å²) in [5.41, 5.74) is 3.17. The van der Waals surface area contributed by atoms with Crippen molar-refractivity contribution >= 4 is 33.7 Å². The lowest BCUT2D eigenvalue weighted by atomic mass is 10.1. The Morgan fingerprint density at radius 3 is 2.48 bits per heavy atom. The predicted octanol–water partition coefficient (Wildman–Crippen LogP) is 4.18. The fraction of sp³-hybridized carbons (Fsp3) is 0.118. The lowest BCUT2D eigenvalue weighted by molar-refractivity contribution is -0.131. The zero-order valence-corrected chi connectivity index (χ0v) is 13.2. The van der Waals surface area contributed by atoms with E-state index in [0.717, 1.165) is 28.3 Å². The molecule has 0 aromatic heterocycles. The molecule has 0 spiro atoms. The largest absolute Gasteiger partial charge is 0.478 e. The van der Waals surface area contributed by atoms with Crippen molar-refractivity contribution in [2.75, 3.05) is 11.9 Å². The van der Waals surface area contributed by atoms with Crippen LogP contribution in [0.4, 0.5) is 5.69 Å². The third kappa shape index (κ3) is 4.46. The van der Waals surface area contributed by atoms with Gasteiger partial charge in [-0.1, -0.05) is 46.3 Å². The molecule has 2 aromatic rings. The van der Waals surface area contributed by atoms with Crippen LogP contribution in [0.5, 0.6) is 0 Å². The van der Waals surface area contributed by atoms with Crippen LogP contribution >= 0.6 is 15.9 Å². The fourth-order valence-electron chi connectivity index (χ4n) is 1.98. The van der Waals surface area contributed by atoms with E-state index < -0.39 is 5.97 Å². The standard InChI is InChI=1S/C17H16BrNO2/c1-19(12-14-4-2-3-5-16(14)18)15-9-6-13(7-10-15)8-11-17(20)21/h2-11H,12H2,1H3,(H,20,21). The zero-order valence-electron chi connectivity index (χ0n) is 11.7. The van der Waals surface area contributed by atoms with E-state index in [4.69, 9.17) is 5.11 Å². The molecule has 2 aromatic carbocycles. The molecule has 0 bridgehead atoms. The summed E-state index contributed by atoms with van der Waals surface area (Å²) in [6.45, 7) is 0.797. The van der Waals surface area contributed by atoms with Crippen LogP contribution in [-0.2, 0) is 11.3 Å². The molecule has 0 fully saturated rings. The Labute approximate surface area is 132 Å². The SMILES string of the molecule is CN(Cc1ccccc1Br)c1ccc(C=CC(=O)O)cc1. The lowest BCUT2D eigenvalue weighted by Gasteiger charge is -2.20. The average Bonchev–Trinajstić information content (AvgIpc) is 2.48. The zero-order chi connectivity index (χ0) is 15.2. The molecule has 0 saturated heterocycles. The number of halogens is 1. The van der Waals surface area contributed by atoms with Crippen molar-refractivity contribution in [1.82, 2.24) is 0 Å². The highest BCUT2D eigenvalue weighted by Crippen LogP contribution is 2.21. The molecular weight excluding hydrogens is 330 g/mol. The number of hydrogen-bond donors (Lipinski definition) is 1. The third-order valence-electron chi connectivity index (χ3n) is 3.12. The Morgan fingerprint density at radius 2 is 1.86 bits per heavy atom. The van der Waals surface area contributed by atoms with Gasteiger partial charge in [0, 0.05) is 29.8 Å². The molecule has 0 saturated carbocycles. The van der Waals surface area contributed by atoms with E-state index in [1.54, 1.807) is 6.08 Å². The number of carbonyl (C=O) groups is 1. The fourth-order valence-corrected chi connectivity index (χ4v) is 2.39. The second-order valence-electron chi connectivity index (χ2n) is 4.71. The number of benzene rings is 2. The molecule has 1 N–H and O–H groups in total. The van der Waals surface area contributed by atoms with Crippen LogP contribution in [0.15, 0.2) is 59.1 Å². The molecule has 0 unspecified atom stereocenters. The maximum Gasteiger partial charge on any atom is 0.328 e. The predicted molar refractivity (Wildman–Crippen MR) is 89.4 cm³/mol. The van der Waals surface area contributed by atoms with Crippen LogP contribution in [0, 0.1) is 0 Å². The highest BCUT2D eigenvalue weighted by atomic mass is 79.9. The van der Waals surface area contributed by atoms with Crippen LogP contribution in [0.2, 0.25) is 0 Å². The summed E-state index contributed by atoms with van der Waals surface area (Å²) in [7, 11) is 2.03. The molecule has 0 aliphatic carbocycles. The van der Waals surface area contributed by atoms with Gasteiger partial charge in [-0.05, 0) is 35.4 Å². The van der Waals surface area contributed by atoms with Crippen molar-refractivity contribution in [2.45, 2.75) is 6.54 Å². The first kappa shape index (κ1) is 15.3. The molecule has 0 atom stereocenters. The first-order valence-electron chi connectivity index (χ1n) is 6.52. The van der Waals surface area contributed by atoms with Gasteiger partial charge < -0.3 is 10.0 Å². The molecule has 2 rings (SSSR count). The van der Waals surface area contributed by atoms with Gasteiger partial charge in [0.05, 0.1) is 0 Å². The molecular formula is C17H16BrNO2. The first-order chi connectivity index (χ1) is 10.1. The summed E-state index contributed by atoms with van der Waals surface area (Å²) in [6, 6.07) is 15.9. The molecule has 0 heterocycles. The highest BCUT2D eigenvalue weighted by molar-refractivity contribution is 9.10. The van der Waals surface area contributed by atoms with Crippen molar-refractivity contribution in [3.8, 4) is 0 Å². The summed E-state index contributed by atoms with van der Waals surface area (Å²) in [5, 5.41) is 8.61. The minimum Gasteiger partial charge on any atom is -0.478 e.